The van der Waals surface area contributed by atoms with Crippen LogP contribution in [0.4, 0.5) is 0 Å². The minimum absolute atomic E-state index is 0. The van der Waals surface area contributed by atoms with Crippen LogP contribution in [0.25, 0.3) is 0 Å². The Labute approximate surface area is 131 Å². The van der Waals surface area contributed by atoms with Gasteiger partial charge in [-0.15, -0.1) is 12.4 Å². The molecule has 1 heterocycles. The number of amides is 1. The zero-order valence-electron chi connectivity index (χ0n) is 12.5. The lowest BCUT2D eigenvalue weighted by atomic mass is 10.2. The van der Waals surface area contributed by atoms with E-state index < -0.39 is 0 Å². The quantitative estimate of drug-likeness (QED) is 0.899. The number of halogens is 1. The van der Waals surface area contributed by atoms with Crippen LogP contribution in [0.1, 0.15) is 18.4 Å². The van der Waals surface area contributed by atoms with E-state index in [1.807, 2.05) is 25.1 Å². The Balaban J connectivity index is 0.00000220. The van der Waals surface area contributed by atoms with Gasteiger partial charge in [0.05, 0.1) is 20.1 Å². The highest BCUT2D eigenvalue weighted by molar-refractivity contribution is 5.85. The van der Waals surface area contributed by atoms with E-state index in [1.54, 1.807) is 12.0 Å². The summed E-state index contributed by atoms with van der Waals surface area (Å²) >= 11 is 0. The number of carbonyl (C=O) groups excluding carboxylic acids is 1. The van der Waals surface area contributed by atoms with Crippen molar-refractivity contribution in [2.24, 2.45) is 5.73 Å². The lowest BCUT2D eigenvalue weighted by molar-refractivity contribution is -0.130. The summed E-state index contributed by atoms with van der Waals surface area (Å²) in [5.74, 6) is 1.47. The van der Waals surface area contributed by atoms with Gasteiger partial charge in [0, 0.05) is 19.1 Å². The molecule has 1 aromatic carbocycles. The van der Waals surface area contributed by atoms with Crippen LogP contribution in [0.5, 0.6) is 11.5 Å². The minimum Gasteiger partial charge on any atom is -0.493 e. The molecule has 1 aromatic rings. The van der Waals surface area contributed by atoms with Crippen molar-refractivity contribution in [3.8, 4) is 11.5 Å². The zero-order chi connectivity index (χ0) is 14.5. The zero-order valence-corrected chi connectivity index (χ0v) is 13.3. The van der Waals surface area contributed by atoms with Gasteiger partial charge in [0.15, 0.2) is 11.5 Å². The summed E-state index contributed by atoms with van der Waals surface area (Å²) in [6, 6.07) is 5.86. The van der Waals surface area contributed by atoms with Crippen LogP contribution >= 0.6 is 12.4 Å². The molecule has 1 fully saturated rings. The number of carbonyl (C=O) groups is 1. The average Bonchev–Trinajstić information content (AvgIpc) is 2.87. The first-order valence-electron chi connectivity index (χ1n) is 6.91. The highest BCUT2D eigenvalue weighted by Crippen LogP contribution is 2.27. The molecule has 0 aromatic heterocycles. The average molecular weight is 315 g/mol. The molecular weight excluding hydrogens is 292 g/mol. The van der Waals surface area contributed by atoms with Crippen LogP contribution in [0.15, 0.2) is 18.2 Å². The maximum Gasteiger partial charge on any atom is 0.226 e. The number of ether oxygens (including phenoxy) is 2. The van der Waals surface area contributed by atoms with Gasteiger partial charge in [0.2, 0.25) is 5.91 Å². The molecule has 0 bridgehead atoms. The molecule has 21 heavy (non-hydrogen) atoms. The highest BCUT2D eigenvalue weighted by atomic mass is 35.5. The number of nitrogens with two attached hydrogens (primary N) is 1. The first-order chi connectivity index (χ1) is 9.60. The van der Waals surface area contributed by atoms with Gasteiger partial charge in [-0.1, -0.05) is 6.07 Å². The van der Waals surface area contributed by atoms with Gasteiger partial charge in [0.25, 0.3) is 0 Å². The van der Waals surface area contributed by atoms with E-state index in [0.717, 1.165) is 18.5 Å². The van der Waals surface area contributed by atoms with Gasteiger partial charge >= 0.3 is 0 Å². The summed E-state index contributed by atoms with van der Waals surface area (Å²) < 4.78 is 10.9. The van der Waals surface area contributed by atoms with E-state index in [0.29, 0.717) is 31.1 Å². The first-order valence-corrected chi connectivity index (χ1v) is 6.91. The molecule has 1 aliphatic rings. The first kappa shape index (κ1) is 17.6. The van der Waals surface area contributed by atoms with Crippen molar-refractivity contribution in [3.05, 3.63) is 23.8 Å². The number of nitrogens with zero attached hydrogens (tertiary/aromatic N) is 1. The summed E-state index contributed by atoms with van der Waals surface area (Å²) in [6.45, 7) is 3.76. The lowest BCUT2D eigenvalue weighted by Gasteiger charge is -2.16. The Morgan fingerprint density at radius 3 is 2.81 bits per heavy atom. The maximum absolute atomic E-state index is 11.9. The number of methoxy groups -OCH3 is 1. The van der Waals surface area contributed by atoms with E-state index in [4.69, 9.17) is 15.2 Å². The molecule has 1 atom stereocenters. The van der Waals surface area contributed by atoms with Gasteiger partial charge < -0.3 is 20.1 Å². The van der Waals surface area contributed by atoms with Crippen LogP contribution < -0.4 is 15.2 Å². The fourth-order valence-corrected chi connectivity index (χ4v) is 2.31. The van der Waals surface area contributed by atoms with E-state index >= 15 is 0 Å². The summed E-state index contributed by atoms with van der Waals surface area (Å²) in [5.41, 5.74) is 6.90. The lowest BCUT2D eigenvalue weighted by Crippen LogP contribution is -2.32. The second-order valence-corrected chi connectivity index (χ2v) is 5.14. The smallest absolute Gasteiger partial charge is 0.226 e. The number of benzene rings is 1. The number of hydrogen-bond donors (Lipinski definition) is 1. The van der Waals surface area contributed by atoms with Crippen LogP contribution in [0.2, 0.25) is 0 Å². The second-order valence-electron chi connectivity index (χ2n) is 5.14. The fourth-order valence-electron chi connectivity index (χ4n) is 2.31. The highest BCUT2D eigenvalue weighted by Gasteiger charge is 2.23. The SMILES string of the molecule is COc1cc(C)ccc1OCCC(=O)N1CC[C@@H](N)C1.Cl. The van der Waals surface area contributed by atoms with Crippen molar-refractivity contribution in [3.63, 3.8) is 0 Å². The molecule has 1 amide bonds. The third-order valence-electron chi connectivity index (χ3n) is 3.47. The van der Waals surface area contributed by atoms with Gasteiger partial charge in [-0.3, -0.25) is 4.79 Å². The maximum atomic E-state index is 11.9. The van der Waals surface area contributed by atoms with Gasteiger partial charge in [-0.05, 0) is 31.0 Å². The Kier molecular flexibility index (Phi) is 6.78. The van der Waals surface area contributed by atoms with Crippen molar-refractivity contribution in [1.29, 1.82) is 0 Å². The number of rotatable bonds is 5. The molecule has 1 saturated heterocycles. The predicted molar refractivity (Wildman–Crippen MR) is 84.3 cm³/mol. The van der Waals surface area contributed by atoms with E-state index in [9.17, 15) is 4.79 Å². The third kappa shape index (κ3) is 4.79. The van der Waals surface area contributed by atoms with Gasteiger partial charge in [-0.2, -0.15) is 0 Å². The predicted octanol–water partition coefficient (Wildman–Crippen LogP) is 1.75. The minimum atomic E-state index is 0. The summed E-state index contributed by atoms with van der Waals surface area (Å²) in [5, 5.41) is 0. The molecule has 0 aliphatic carbocycles. The topological polar surface area (TPSA) is 64.8 Å². The largest absolute Gasteiger partial charge is 0.493 e. The standard InChI is InChI=1S/C15H22N2O3.ClH/c1-11-3-4-13(14(9-11)19-2)20-8-6-15(18)17-7-5-12(16)10-17;/h3-4,9,12H,5-8,10,16H2,1-2H3;1H/t12-;/m1./s1. The molecule has 5 nitrogen and oxygen atoms in total. The summed E-state index contributed by atoms with van der Waals surface area (Å²) in [7, 11) is 1.61. The molecular formula is C15H23ClN2O3. The molecule has 6 heteroatoms. The molecule has 2 rings (SSSR count). The second kappa shape index (κ2) is 8.10. The van der Waals surface area contributed by atoms with E-state index in [-0.39, 0.29) is 24.4 Å². The normalized spacial score (nSPS) is 17.3. The van der Waals surface area contributed by atoms with Crippen molar-refractivity contribution in [1.82, 2.24) is 4.90 Å². The van der Waals surface area contributed by atoms with Crippen molar-refractivity contribution in [2.75, 3.05) is 26.8 Å². The van der Waals surface area contributed by atoms with Crippen LogP contribution in [0.3, 0.4) is 0 Å². The Bertz CT molecular complexity index is 482. The molecule has 2 N–H and O–H groups in total. The molecule has 0 radical (unpaired) electrons. The molecule has 0 unspecified atom stereocenters. The number of aryl methyl sites for hydroxylation is 1. The fraction of sp³-hybridized carbons (Fsp3) is 0.533. The molecule has 0 spiro atoms. The van der Waals surface area contributed by atoms with Gasteiger partial charge in [0.1, 0.15) is 0 Å². The monoisotopic (exact) mass is 314 g/mol. The Morgan fingerprint density at radius 1 is 1.43 bits per heavy atom. The number of likely N-dealkylation sites (tertiary alicyclic amines) is 1. The van der Waals surface area contributed by atoms with Crippen molar-refractivity contribution in [2.45, 2.75) is 25.8 Å². The van der Waals surface area contributed by atoms with E-state index in [2.05, 4.69) is 0 Å². The van der Waals surface area contributed by atoms with Crippen LogP contribution in [0, 0.1) is 6.92 Å². The third-order valence-corrected chi connectivity index (χ3v) is 3.47. The molecule has 1 aliphatic heterocycles. The molecule has 0 saturated carbocycles. The Morgan fingerprint density at radius 2 is 2.19 bits per heavy atom. The van der Waals surface area contributed by atoms with Crippen molar-refractivity contribution >= 4 is 18.3 Å². The van der Waals surface area contributed by atoms with Gasteiger partial charge in [-0.25, -0.2) is 0 Å². The Hall–Kier alpha value is -1.46. The molecule has 118 valence electrons. The summed E-state index contributed by atoms with van der Waals surface area (Å²) in [6.07, 6.45) is 1.25. The van der Waals surface area contributed by atoms with Crippen LogP contribution in [-0.2, 0) is 4.79 Å². The van der Waals surface area contributed by atoms with Crippen LogP contribution in [-0.4, -0.2) is 43.7 Å². The summed E-state index contributed by atoms with van der Waals surface area (Å²) in [4.78, 5) is 13.8. The number of hydrogen-bond acceptors (Lipinski definition) is 4. The van der Waals surface area contributed by atoms with Crippen molar-refractivity contribution < 1.29 is 14.3 Å². The van der Waals surface area contributed by atoms with E-state index in [1.165, 1.54) is 0 Å².